The van der Waals surface area contributed by atoms with E-state index >= 15 is 0 Å². The zero-order valence-corrected chi connectivity index (χ0v) is 9.40. The van der Waals surface area contributed by atoms with Crippen molar-refractivity contribution in [3.8, 4) is 0 Å². The first-order valence-corrected chi connectivity index (χ1v) is 5.76. The van der Waals surface area contributed by atoms with Gasteiger partial charge in [0.05, 0.1) is 0 Å². The molecule has 1 aromatic carbocycles. The summed E-state index contributed by atoms with van der Waals surface area (Å²) in [6.45, 7) is 0. The summed E-state index contributed by atoms with van der Waals surface area (Å²) in [6.07, 6.45) is 5.14. The predicted molar refractivity (Wildman–Crippen MR) is 62.2 cm³/mol. The lowest BCUT2D eigenvalue weighted by atomic mass is 9.86. The summed E-state index contributed by atoms with van der Waals surface area (Å²) < 4.78 is 28.0. The smallest absolute Gasteiger partial charge is 0.287 e. The van der Waals surface area contributed by atoms with E-state index in [0.717, 1.165) is 12.8 Å². The average Bonchev–Trinajstić information content (AvgIpc) is 2.40. The van der Waals surface area contributed by atoms with E-state index in [1.807, 2.05) is 0 Å². The summed E-state index contributed by atoms with van der Waals surface area (Å²) in [4.78, 5) is 11.8. The third-order valence-corrected chi connectivity index (χ3v) is 3.06. The fraction of sp³-hybridized carbons (Fsp3) is 0.357. The average molecular weight is 236 g/mol. The molecule has 1 aliphatic rings. The van der Waals surface area contributed by atoms with Crippen LogP contribution in [0.1, 0.15) is 29.6 Å². The quantitative estimate of drug-likeness (QED) is 0.575. The Morgan fingerprint density at radius 3 is 2.53 bits per heavy atom. The molecule has 0 N–H and O–H groups in total. The minimum absolute atomic E-state index is 0.0801. The molecule has 0 spiro atoms. The summed E-state index contributed by atoms with van der Waals surface area (Å²) in [5.41, 5.74) is 0.0801. The van der Waals surface area contributed by atoms with E-state index in [9.17, 15) is 13.6 Å². The fourth-order valence-corrected chi connectivity index (χ4v) is 2.06. The predicted octanol–water partition coefficient (Wildman–Crippen LogP) is 3.86. The number of ketones is 1. The molecule has 0 fully saturated rings. The number of rotatable bonds is 3. The molecule has 0 saturated heterocycles. The Hall–Kier alpha value is -1.51. The fourth-order valence-electron chi connectivity index (χ4n) is 2.06. The van der Waals surface area contributed by atoms with Crippen LogP contribution < -0.4 is 0 Å². The van der Waals surface area contributed by atoms with Gasteiger partial charge in [-0.2, -0.15) is 8.78 Å². The largest absolute Gasteiger partial charge is 0.315 e. The maximum Gasteiger partial charge on any atom is 0.315 e. The van der Waals surface area contributed by atoms with Crippen molar-refractivity contribution in [2.75, 3.05) is 0 Å². The third-order valence-electron chi connectivity index (χ3n) is 3.06. The van der Waals surface area contributed by atoms with Gasteiger partial charge in [0.2, 0.25) is 5.78 Å². The Labute approximate surface area is 99.1 Å². The van der Waals surface area contributed by atoms with Crippen LogP contribution >= 0.6 is 0 Å². The highest BCUT2D eigenvalue weighted by atomic mass is 19.3. The number of halogens is 2. The van der Waals surface area contributed by atoms with Gasteiger partial charge >= 0.3 is 5.92 Å². The number of alkyl halides is 2. The minimum Gasteiger partial charge on any atom is -0.287 e. The molecule has 0 bridgehead atoms. The molecule has 3 heteroatoms. The van der Waals surface area contributed by atoms with E-state index < -0.39 is 17.6 Å². The molecular formula is C14H14F2O. The van der Waals surface area contributed by atoms with Crippen molar-refractivity contribution in [1.29, 1.82) is 0 Å². The van der Waals surface area contributed by atoms with E-state index in [2.05, 4.69) is 0 Å². The monoisotopic (exact) mass is 236 g/mol. The van der Waals surface area contributed by atoms with Crippen LogP contribution in [0.15, 0.2) is 42.5 Å². The van der Waals surface area contributed by atoms with Gasteiger partial charge < -0.3 is 0 Å². The SMILES string of the molecule is O=C(c1ccccc1)C(F)(F)C1C=CCCC1. The normalized spacial score (nSPS) is 20.2. The number of allylic oxidation sites excluding steroid dienone is 2. The second kappa shape index (κ2) is 4.78. The lowest BCUT2D eigenvalue weighted by molar-refractivity contribution is -0.0208. The molecule has 1 atom stereocenters. The number of hydrogen-bond acceptors (Lipinski definition) is 1. The highest BCUT2D eigenvalue weighted by molar-refractivity contribution is 6.01. The molecule has 0 radical (unpaired) electrons. The third kappa shape index (κ3) is 2.43. The van der Waals surface area contributed by atoms with Gasteiger partial charge in [0.25, 0.3) is 0 Å². The van der Waals surface area contributed by atoms with Gasteiger partial charge in [-0.1, -0.05) is 42.5 Å². The molecule has 1 nitrogen and oxygen atoms in total. The van der Waals surface area contributed by atoms with Crippen LogP contribution in [-0.4, -0.2) is 11.7 Å². The maximum absolute atomic E-state index is 14.0. The van der Waals surface area contributed by atoms with E-state index in [1.54, 1.807) is 24.3 Å². The van der Waals surface area contributed by atoms with Crippen LogP contribution in [0, 0.1) is 5.92 Å². The molecule has 0 heterocycles. The van der Waals surface area contributed by atoms with Crippen molar-refractivity contribution >= 4 is 5.78 Å². The Morgan fingerprint density at radius 2 is 1.94 bits per heavy atom. The number of carbonyl (C=O) groups is 1. The van der Waals surface area contributed by atoms with Crippen LogP contribution in [0.5, 0.6) is 0 Å². The number of benzene rings is 1. The number of Topliss-reactive ketones (excluding diaryl/α,β-unsaturated/α-hetero) is 1. The van der Waals surface area contributed by atoms with E-state index in [1.165, 1.54) is 18.2 Å². The molecule has 90 valence electrons. The lowest BCUT2D eigenvalue weighted by Crippen LogP contribution is -2.37. The summed E-state index contributed by atoms with van der Waals surface area (Å²) in [7, 11) is 0. The Morgan fingerprint density at radius 1 is 1.24 bits per heavy atom. The second-order valence-electron chi connectivity index (χ2n) is 4.28. The molecule has 1 aliphatic carbocycles. The molecular weight excluding hydrogens is 222 g/mol. The van der Waals surface area contributed by atoms with Crippen molar-refractivity contribution < 1.29 is 13.6 Å². The zero-order chi connectivity index (χ0) is 12.3. The van der Waals surface area contributed by atoms with Gasteiger partial charge in [0, 0.05) is 11.5 Å². The van der Waals surface area contributed by atoms with Gasteiger partial charge in [-0.05, 0) is 19.3 Å². The maximum atomic E-state index is 14.0. The van der Waals surface area contributed by atoms with Crippen LogP contribution in [0.4, 0.5) is 8.78 Å². The van der Waals surface area contributed by atoms with E-state index in [-0.39, 0.29) is 5.56 Å². The minimum atomic E-state index is -3.29. The molecule has 0 aliphatic heterocycles. The van der Waals surface area contributed by atoms with Crippen LogP contribution in [0.2, 0.25) is 0 Å². The number of hydrogen-bond donors (Lipinski definition) is 0. The summed E-state index contributed by atoms with van der Waals surface area (Å²) in [5.74, 6) is -5.32. The molecule has 17 heavy (non-hydrogen) atoms. The van der Waals surface area contributed by atoms with Crippen molar-refractivity contribution in [3.05, 3.63) is 48.0 Å². The highest BCUT2D eigenvalue weighted by Gasteiger charge is 2.45. The molecule has 2 rings (SSSR count). The Kier molecular flexibility index (Phi) is 3.36. The Bertz CT molecular complexity index is 423. The summed E-state index contributed by atoms with van der Waals surface area (Å²) in [6, 6.07) is 7.76. The van der Waals surface area contributed by atoms with Gasteiger partial charge in [-0.15, -0.1) is 0 Å². The first kappa shape index (κ1) is 12.0. The van der Waals surface area contributed by atoms with Crippen molar-refractivity contribution in [2.24, 2.45) is 5.92 Å². The standard InChI is InChI=1S/C14H14F2O/c15-14(16,12-9-5-2-6-10-12)13(17)11-7-3-1-4-8-11/h1,3-5,7-9,12H,2,6,10H2. The zero-order valence-electron chi connectivity index (χ0n) is 9.40. The summed E-state index contributed by atoms with van der Waals surface area (Å²) in [5, 5.41) is 0. The van der Waals surface area contributed by atoms with E-state index in [0.29, 0.717) is 6.42 Å². The molecule has 1 unspecified atom stereocenters. The van der Waals surface area contributed by atoms with Gasteiger partial charge in [0.1, 0.15) is 0 Å². The van der Waals surface area contributed by atoms with Crippen molar-refractivity contribution in [1.82, 2.24) is 0 Å². The molecule has 0 amide bonds. The first-order valence-electron chi connectivity index (χ1n) is 5.76. The van der Waals surface area contributed by atoms with Crippen LogP contribution in [0.3, 0.4) is 0 Å². The number of carbonyl (C=O) groups excluding carboxylic acids is 1. The van der Waals surface area contributed by atoms with Crippen LogP contribution in [-0.2, 0) is 0 Å². The lowest BCUT2D eigenvalue weighted by Gasteiger charge is -2.25. The second-order valence-corrected chi connectivity index (χ2v) is 4.28. The highest BCUT2D eigenvalue weighted by Crippen LogP contribution is 2.35. The van der Waals surface area contributed by atoms with Crippen molar-refractivity contribution in [3.63, 3.8) is 0 Å². The molecule has 1 aromatic rings. The van der Waals surface area contributed by atoms with E-state index in [4.69, 9.17) is 0 Å². The van der Waals surface area contributed by atoms with Crippen molar-refractivity contribution in [2.45, 2.75) is 25.2 Å². The van der Waals surface area contributed by atoms with Crippen LogP contribution in [0.25, 0.3) is 0 Å². The summed E-state index contributed by atoms with van der Waals surface area (Å²) >= 11 is 0. The van der Waals surface area contributed by atoms with Gasteiger partial charge in [-0.3, -0.25) is 4.79 Å². The molecule has 0 saturated carbocycles. The van der Waals surface area contributed by atoms with Gasteiger partial charge in [0.15, 0.2) is 0 Å². The van der Waals surface area contributed by atoms with Gasteiger partial charge in [-0.25, -0.2) is 0 Å². The molecule has 0 aromatic heterocycles. The Balaban J connectivity index is 2.23. The first-order chi connectivity index (χ1) is 8.12. The topological polar surface area (TPSA) is 17.1 Å².